The molecule has 4 nitrogen and oxygen atoms in total. The minimum absolute atomic E-state index is 0.116. The summed E-state index contributed by atoms with van der Waals surface area (Å²) in [5, 5.41) is 12.4. The molecule has 3 rings (SSSR count). The molecule has 1 fully saturated rings. The Labute approximate surface area is 113 Å². The fraction of sp³-hybridized carbons (Fsp3) is 0.467. The number of hydrogen-bond donors (Lipinski definition) is 1. The van der Waals surface area contributed by atoms with E-state index in [4.69, 9.17) is 0 Å². The highest BCUT2D eigenvalue weighted by Gasteiger charge is 2.42. The summed E-state index contributed by atoms with van der Waals surface area (Å²) in [6.07, 6.45) is 3.38. The SMILES string of the molecule is CNc1ccc2c(c1)CC(=O)N2CC1(C#N)CCC1. The molecular formula is C15H17N3O. The summed E-state index contributed by atoms with van der Waals surface area (Å²) in [7, 11) is 1.87. The van der Waals surface area contributed by atoms with Crippen LogP contribution < -0.4 is 10.2 Å². The molecule has 1 aromatic rings. The highest BCUT2D eigenvalue weighted by molar-refractivity contribution is 6.02. The first-order chi connectivity index (χ1) is 9.17. The minimum Gasteiger partial charge on any atom is -0.388 e. The number of rotatable bonds is 3. The number of carbonyl (C=O) groups is 1. The van der Waals surface area contributed by atoms with E-state index in [0.717, 1.165) is 36.2 Å². The molecule has 1 heterocycles. The topological polar surface area (TPSA) is 56.1 Å². The Morgan fingerprint density at radius 3 is 2.84 bits per heavy atom. The first kappa shape index (κ1) is 12.0. The molecule has 1 N–H and O–H groups in total. The van der Waals surface area contributed by atoms with Gasteiger partial charge in [0.2, 0.25) is 5.91 Å². The number of nitrogens with zero attached hydrogens (tertiary/aromatic N) is 2. The molecule has 1 aliphatic heterocycles. The van der Waals surface area contributed by atoms with Gasteiger partial charge >= 0.3 is 0 Å². The number of nitrogens with one attached hydrogen (secondary N) is 1. The maximum absolute atomic E-state index is 12.2. The number of benzene rings is 1. The standard InChI is InChI=1S/C15H17N3O/c1-17-12-3-4-13-11(7-12)8-14(19)18(13)10-15(9-16)5-2-6-15/h3-4,7,17H,2,5-6,8,10H2,1H3. The second-order valence-electron chi connectivity index (χ2n) is 5.50. The summed E-state index contributed by atoms with van der Waals surface area (Å²) in [5.74, 6) is 0.116. The summed E-state index contributed by atoms with van der Waals surface area (Å²) < 4.78 is 0. The summed E-state index contributed by atoms with van der Waals surface area (Å²) in [5.41, 5.74) is 2.75. The van der Waals surface area contributed by atoms with Crippen LogP contribution in [-0.2, 0) is 11.2 Å². The molecule has 0 atom stereocenters. The van der Waals surface area contributed by atoms with Crippen LogP contribution in [0.25, 0.3) is 0 Å². The third kappa shape index (κ3) is 1.86. The summed E-state index contributed by atoms with van der Waals surface area (Å²) in [4.78, 5) is 14.0. The van der Waals surface area contributed by atoms with Gasteiger partial charge in [-0.3, -0.25) is 4.79 Å². The van der Waals surface area contributed by atoms with Crippen LogP contribution in [0.4, 0.5) is 11.4 Å². The number of fused-ring (bicyclic) bond motifs is 1. The zero-order valence-corrected chi connectivity index (χ0v) is 11.1. The van der Waals surface area contributed by atoms with Gasteiger partial charge in [0, 0.05) is 25.0 Å². The number of hydrogen-bond acceptors (Lipinski definition) is 3. The first-order valence-corrected chi connectivity index (χ1v) is 6.70. The van der Waals surface area contributed by atoms with E-state index in [2.05, 4.69) is 11.4 Å². The molecule has 4 heteroatoms. The predicted octanol–water partition coefficient (Wildman–Crippen LogP) is 2.31. The molecule has 0 unspecified atom stereocenters. The average molecular weight is 255 g/mol. The second kappa shape index (κ2) is 4.27. The smallest absolute Gasteiger partial charge is 0.231 e. The minimum atomic E-state index is -0.307. The summed E-state index contributed by atoms with van der Waals surface area (Å²) >= 11 is 0. The monoisotopic (exact) mass is 255 g/mol. The van der Waals surface area contributed by atoms with Crippen LogP contribution in [0.15, 0.2) is 18.2 Å². The molecule has 1 aromatic carbocycles. The Balaban J connectivity index is 1.89. The second-order valence-corrected chi connectivity index (χ2v) is 5.50. The van der Waals surface area contributed by atoms with Gasteiger partial charge < -0.3 is 10.2 Å². The van der Waals surface area contributed by atoms with Gasteiger partial charge in [-0.2, -0.15) is 5.26 Å². The molecular weight excluding hydrogens is 238 g/mol. The first-order valence-electron chi connectivity index (χ1n) is 6.70. The Hall–Kier alpha value is -2.02. The van der Waals surface area contributed by atoms with Gasteiger partial charge in [0.05, 0.1) is 17.9 Å². The lowest BCUT2D eigenvalue weighted by Crippen LogP contribution is -2.42. The van der Waals surface area contributed by atoms with Gasteiger partial charge in [0.15, 0.2) is 0 Å². The molecule has 0 bridgehead atoms. The molecule has 0 aromatic heterocycles. The zero-order chi connectivity index (χ0) is 13.5. The van der Waals surface area contributed by atoms with Gasteiger partial charge in [-0.15, -0.1) is 0 Å². The molecule has 0 saturated heterocycles. The van der Waals surface area contributed by atoms with Gasteiger partial charge in [-0.1, -0.05) is 6.42 Å². The van der Waals surface area contributed by atoms with Crippen LogP contribution in [0.5, 0.6) is 0 Å². The van der Waals surface area contributed by atoms with E-state index >= 15 is 0 Å². The fourth-order valence-electron chi connectivity index (χ4n) is 2.92. The van der Waals surface area contributed by atoms with Gasteiger partial charge in [-0.25, -0.2) is 0 Å². The van der Waals surface area contributed by atoms with Crippen molar-refractivity contribution in [3.63, 3.8) is 0 Å². The number of carbonyl (C=O) groups excluding carboxylic acids is 1. The van der Waals surface area contributed by atoms with Crippen LogP contribution in [0, 0.1) is 16.7 Å². The third-order valence-electron chi connectivity index (χ3n) is 4.31. The molecule has 0 spiro atoms. The van der Waals surface area contributed by atoms with E-state index in [1.54, 1.807) is 4.90 Å². The molecule has 1 saturated carbocycles. The lowest BCUT2D eigenvalue weighted by atomic mass is 9.69. The normalized spacial score (nSPS) is 19.6. The van der Waals surface area contributed by atoms with E-state index in [9.17, 15) is 10.1 Å². The molecule has 98 valence electrons. The summed E-state index contributed by atoms with van der Waals surface area (Å²) in [6.45, 7) is 0.550. The highest BCUT2D eigenvalue weighted by atomic mass is 16.2. The van der Waals surface area contributed by atoms with Crippen LogP contribution in [0.1, 0.15) is 24.8 Å². The number of amides is 1. The lowest BCUT2D eigenvalue weighted by Gasteiger charge is -2.38. The average Bonchev–Trinajstić information content (AvgIpc) is 2.68. The quantitative estimate of drug-likeness (QED) is 0.901. The third-order valence-corrected chi connectivity index (χ3v) is 4.31. The largest absolute Gasteiger partial charge is 0.388 e. The van der Waals surface area contributed by atoms with Crippen molar-refractivity contribution >= 4 is 17.3 Å². The van der Waals surface area contributed by atoms with Gasteiger partial charge in [0.1, 0.15) is 0 Å². The predicted molar refractivity (Wildman–Crippen MR) is 73.9 cm³/mol. The van der Waals surface area contributed by atoms with E-state index in [0.29, 0.717) is 13.0 Å². The van der Waals surface area contributed by atoms with Crippen molar-refractivity contribution in [2.24, 2.45) is 5.41 Å². The Morgan fingerprint density at radius 1 is 1.47 bits per heavy atom. The van der Waals surface area contributed by atoms with Crippen LogP contribution in [0.2, 0.25) is 0 Å². The molecule has 2 aliphatic rings. The van der Waals surface area contributed by atoms with Gasteiger partial charge in [0.25, 0.3) is 0 Å². The maximum atomic E-state index is 12.2. The lowest BCUT2D eigenvalue weighted by molar-refractivity contribution is -0.117. The van der Waals surface area contributed by atoms with E-state index in [1.165, 1.54) is 0 Å². The van der Waals surface area contributed by atoms with E-state index in [-0.39, 0.29) is 11.3 Å². The fourth-order valence-corrected chi connectivity index (χ4v) is 2.92. The van der Waals surface area contributed by atoms with Crippen molar-refractivity contribution in [2.75, 3.05) is 23.8 Å². The van der Waals surface area contributed by atoms with E-state index < -0.39 is 0 Å². The molecule has 1 amide bonds. The molecule has 0 radical (unpaired) electrons. The van der Waals surface area contributed by atoms with Crippen molar-refractivity contribution in [1.82, 2.24) is 0 Å². The highest BCUT2D eigenvalue weighted by Crippen LogP contribution is 2.43. The van der Waals surface area contributed by atoms with Crippen LogP contribution in [0.3, 0.4) is 0 Å². The Bertz CT molecular complexity index is 569. The molecule has 1 aliphatic carbocycles. The van der Waals surface area contributed by atoms with Crippen molar-refractivity contribution in [1.29, 1.82) is 5.26 Å². The van der Waals surface area contributed by atoms with Gasteiger partial charge in [-0.05, 0) is 36.6 Å². The van der Waals surface area contributed by atoms with Crippen molar-refractivity contribution in [3.8, 4) is 6.07 Å². The van der Waals surface area contributed by atoms with E-state index in [1.807, 2.05) is 25.2 Å². The van der Waals surface area contributed by atoms with Crippen LogP contribution >= 0.6 is 0 Å². The zero-order valence-electron chi connectivity index (χ0n) is 11.1. The van der Waals surface area contributed by atoms with Crippen molar-refractivity contribution < 1.29 is 4.79 Å². The van der Waals surface area contributed by atoms with Crippen molar-refractivity contribution in [3.05, 3.63) is 23.8 Å². The maximum Gasteiger partial charge on any atom is 0.231 e. The Kier molecular flexibility index (Phi) is 2.70. The Morgan fingerprint density at radius 2 is 2.26 bits per heavy atom. The van der Waals surface area contributed by atoms with Crippen molar-refractivity contribution in [2.45, 2.75) is 25.7 Å². The molecule has 19 heavy (non-hydrogen) atoms. The number of anilines is 2. The number of nitriles is 1. The summed E-state index contributed by atoms with van der Waals surface area (Å²) in [6, 6.07) is 8.39. The van der Waals surface area contributed by atoms with Crippen LogP contribution in [-0.4, -0.2) is 19.5 Å².